The Balaban J connectivity index is 1.94. The van der Waals surface area contributed by atoms with Crippen LogP contribution in [0.1, 0.15) is 18.4 Å². The number of phenolic OH excluding ortho intramolecular Hbond substituents is 1. The number of methoxy groups -OCH3 is 1. The van der Waals surface area contributed by atoms with Crippen molar-refractivity contribution in [3.05, 3.63) is 30.0 Å². The highest BCUT2D eigenvalue weighted by Crippen LogP contribution is 2.39. The fourth-order valence-electron chi connectivity index (χ4n) is 3.12. The first kappa shape index (κ1) is 14.9. The molecule has 0 amide bonds. The number of ether oxygens (including phenoxy) is 2. The fraction of sp³-hybridized carbons (Fsp3) is 0.438. The Morgan fingerprint density at radius 3 is 2.73 bits per heavy atom. The molecule has 0 spiro atoms. The number of aromatic hydroxyl groups is 1. The van der Waals surface area contributed by atoms with E-state index in [1.165, 1.54) is 19.4 Å². The number of hydrogen-bond acceptors (Lipinski definition) is 6. The number of aliphatic hydroxyl groups is 2. The molecular formula is C16H18O6. The van der Waals surface area contributed by atoms with Crippen molar-refractivity contribution in [2.24, 2.45) is 5.92 Å². The summed E-state index contributed by atoms with van der Waals surface area (Å²) in [5, 5.41) is 29.8. The van der Waals surface area contributed by atoms with Crippen LogP contribution in [0.2, 0.25) is 0 Å². The van der Waals surface area contributed by atoms with Gasteiger partial charge in [0.1, 0.15) is 17.6 Å². The predicted molar refractivity (Wildman–Crippen MR) is 77.3 cm³/mol. The summed E-state index contributed by atoms with van der Waals surface area (Å²) in [6.45, 7) is 0. The monoisotopic (exact) mass is 306 g/mol. The Kier molecular flexibility index (Phi) is 3.80. The topological polar surface area (TPSA) is 96.2 Å². The van der Waals surface area contributed by atoms with Crippen LogP contribution >= 0.6 is 0 Å². The first-order chi connectivity index (χ1) is 10.5. The lowest BCUT2D eigenvalue weighted by Crippen LogP contribution is -2.48. The van der Waals surface area contributed by atoms with E-state index in [9.17, 15) is 20.1 Å². The molecule has 0 bridgehead atoms. The SMILES string of the molecule is COc1ccc(C2=COC3CC(O)CC(O)C3C2=O)c(O)c1. The van der Waals surface area contributed by atoms with Crippen molar-refractivity contribution < 1.29 is 29.6 Å². The molecular weight excluding hydrogens is 288 g/mol. The number of carbonyl (C=O) groups excluding carboxylic acids is 1. The van der Waals surface area contributed by atoms with Crippen LogP contribution in [0, 0.1) is 5.92 Å². The van der Waals surface area contributed by atoms with Crippen molar-refractivity contribution >= 4 is 11.4 Å². The van der Waals surface area contributed by atoms with E-state index >= 15 is 0 Å². The van der Waals surface area contributed by atoms with Gasteiger partial charge in [-0.1, -0.05) is 0 Å². The standard InChI is InChI=1S/C16H18O6/c1-21-9-2-3-10(12(18)6-9)11-7-22-14-5-8(17)4-13(19)15(14)16(11)20/h2-3,6-8,13-15,17-19H,4-5H2,1H3. The number of aliphatic hydroxyl groups excluding tert-OH is 2. The third-order valence-electron chi connectivity index (χ3n) is 4.26. The summed E-state index contributed by atoms with van der Waals surface area (Å²) >= 11 is 0. The van der Waals surface area contributed by atoms with Crippen LogP contribution < -0.4 is 4.74 Å². The van der Waals surface area contributed by atoms with Crippen molar-refractivity contribution in [3.63, 3.8) is 0 Å². The summed E-state index contributed by atoms with van der Waals surface area (Å²) in [7, 11) is 1.48. The Hall–Kier alpha value is -2.05. The Bertz CT molecular complexity index is 623. The van der Waals surface area contributed by atoms with Crippen molar-refractivity contribution in [2.75, 3.05) is 7.11 Å². The molecule has 3 N–H and O–H groups in total. The highest BCUT2D eigenvalue weighted by Gasteiger charge is 2.45. The molecule has 3 rings (SSSR count). The second-order valence-electron chi connectivity index (χ2n) is 5.67. The maximum absolute atomic E-state index is 12.7. The summed E-state index contributed by atoms with van der Waals surface area (Å²) < 4.78 is 10.5. The van der Waals surface area contributed by atoms with E-state index < -0.39 is 24.2 Å². The molecule has 22 heavy (non-hydrogen) atoms. The summed E-state index contributed by atoms with van der Waals surface area (Å²) in [6, 6.07) is 4.62. The lowest BCUT2D eigenvalue weighted by atomic mass is 9.76. The zero-order valence-electron chi connectivity index (χ0n) is 12.1. The number of benzene rings is 1. The summed E-state index contributed by atoms with van der Waals surface area (Å²) in [6.07, 6.45) is -0.395. The minimum Gasteiger partial charge on any atom is -0.507 e. The first-order valence-corrected chi connectivity index (χ1v) is 7.14. The fourth-order valence-corrected chi connectivity index (χ4v) is 3.12. The average molecular weight is 306 g/mol. The molecule has 6 heteroatoms. The van der Waals surface area contributed by atoms with Gasteiger partial charge >= 0.3 is 0 Å². The number of ketones is 1. The molecule has 1 aliphatic heterocycles. The quantitative estimate of drug-likeness (QED) is 0.749. The molecule has 2 aliphatic rings. The third kappa shape index (κ3) is 2.44. The number of allylic oxidation sites excluding steroid dienone is 1. The van der Waals surface area contributed by atoms with E-state index in [4.69, 9.17) is 9.47 Å². The van der Waals surface area contributed by atoms with Gasteiger partial charge in [0.15, 0.2) is 5.78 Å². The van der Waals surface area contributed by atoms with Crippen molar-refractivity contribution in [1.29, 1.82) is 0 Å². The van der Waals surface area contributed by atoms with Gasteiger partial charge in [0.2, 0.25) is 0 Å². The molecule has 4 atom stereocenters. The minimum atomic E-state index is -0.953. The molecule has 1 saturated carbocycles. The van der Waals surface area contributed by atoms with Gasteiger partial charge in [-0.25, -0.2) is 0 Å². The van der Waals surface area contributed by atoms with Crippen LogP contribution in [0.25, 0.3) is 5.57 Å². The molecule has 118 valence electrons. The number of phenols is 1. The molecule has 1 heterocycles. The smallest absolute Gasteiger partial charge is 0.176 e. The van der Waals surface area contributed by atoms with Gasteiger partial charge in [-0.2, -0.15) is 0 Å². The molecule has 6 nitrogen and oxygen atoms in total. The molecule has 0 aromatic heterocycles. The van der Waals surface area contributed by atoms with Gasteiger partial charge in [0, 0.05) is 24.5 Å². The highest BCUT2D eigenvalue weighted by molar-refractivity contribution is 6.23. The van der Waals surface area contributed by atoms with Crippen molar-refractivity contribution in [3.8, 4) is 11.5 Å². The number of rotatable bonds is 2. The van der Waals surface area contributed by atoms with Gasteiger partial charge in [-0.05, 0) is 12.1 Å². The van der Waals surface area contributed by atoms with E-state index in [0.717, 1.165) is 0 Å². The van der Waals surface area contributed by atoms with E-state index in [2.05, 4.69) is 0 Å². The zero-order chi connectivity index (χ0) is 15.9. The molecule has 0 saturated heterocycles. The van der Waals surface area contributed by atoms with E-state index in [1.807, 2.05) is 0 Å². The molecule has 1 fully saturated rings. The van der Waals surface area contributed by atoms with Crippen molar-refractivity contribution in [1.82, 2.24) is 0 Å². The van der Waals surface area contributed by atoms with Crippen LogP contribution in [0.5, 0.6) is 11.5 Å². The van der Waals surface area contributed by atoms with Gasteiger partial charge in [-0.3, -0.25) is 4.79 Å². The van der Waals surface area contributed by atoms with Gasteiger partial charge in [-0.15, -0.1) is 0 Å². The van der Waals surface area contributed by atoms with Crippen molar-refractivity contribution in [2.45, 2.75) is 31.2 Å². The second kappa shape index (κ2) is 5.62. The molecule has 1 aliphatic carbocycles. The average Bonchev–Trinajstić information content (AvgIpc) is 2.47. The van der Waals surface area contributed by atoms with Gasteiger partial charge < -0.3 is 24.8 Å². The summed E-state index contributed by atoms with van der Waals surface area (Å²) in [4.78, 5) is 12.7. The number of carbonyl (C=O) groups is 1. The minimum absolute atomic E-state index is 0.0914. The molecule has 4 unspecified atom stereocenters. The zero-order valence-corrected chi connectivity index (χ0v) is 12.1. The number of fused-ring (bicyclic) bond motifs is 1. The predicted octanol–water partition coefficient (Wildman–Crippen LogP) is 0.841. The van der Waals surface area contributed by atoms with Crippen LogP contribution in [0.4, 0.5) is 0 Å². The molecule has 1 aromatic carbocycles. The normalized spacial score (nSPS) is 31.0. The largest absolute Gasteiger partial charge is 0.507 e. The summed E-state index contributed by atoms with van der Waals surface area (Å²) in [5.41, 5.74) is 0.555. The van der Waals surface area contributed by atoms with E-state index in [0.29, 0.717) is 17.7 Å². The lowest BCUT2D eigenvalue weighted by molar-refractivity contribution is -0.137. The maximum atomic E-state index is 12.7. The third-order valence-corrected chi connectivity index (χ3v) is 4.26. The van der Waals surface area contributed by atoms with Crippen LogP contribution in [0.3, 0.4) is 0 Å². The molecule has 1 aromatic rings. The Labute approximate surface area is 127 Å². The second-order valence-corrected chi connectivity index (χ2v) is 5.67. The number of Topliss-reactive ketones (excluding diaryl/α,β-unsaturated/α-hetero) is 1. The number of hydrogen-bond donors (Lipinski definition) is 3. The molecule has 0 radical (unpaired) electrons. The van der Waals surface area contributed by atoms with E-state index in [1.54, 1.807) is 12.1 Å². The van der Waals surface area contributed by atoms with Crippen LogP contribution in [-0.4, -0.2) is 46.5 Å². The highest BCUT2D eigenvalue weighted by atomic mass is 16.5. The Morgan fingerprint density at radius 1 is 1.27 bits per heavy atom. The summed E-state index contributed by atoms with van der Waals surface area (Å²) in [5.74, 6) is -0.614. The van der Waals surface area contributed by atoms with Crippen LogP contribution in [-0.2, 0) is 9.53 Å². The van der Waals surface area contributed by atoms with Crippen LogP contribution in [0.15, 0.2) is 24.5 Å². The maximum Gasteiger partial charge on any atom is 0.176 e. The van der Waals surface area contributed by atoms with Gasteiger partial charge in [0.05, 0.1) is 37.1 Å². The first-order valence-electron chi connectivity index (χ1n) is 7.14. The Morgan fingerprint density at radius 2 is 2.05 bits per heavy atom. The van der Waals surface area contributed by atoms with E-state index in [-0.39, 0.29) is 23.5 Å². The van der Waals surface area contributed by atoms with Gasteiger partial charge in [0.25, 0.3) is 0 Å². The lowest BCUT2D eigenvalue weighted by Gasteiger charge is -2.39.